The van der Waals surface area contributed by atoms with Crippen LogP contribution in [-0.4, -0.2) is 41.9 Å². The summed E-state index contributed by atoms with van der Waals surface area (Å²) in [4.78, 5) is 30.7. The van der Waals surface area contributed by atoms with Crippen LogP contribution in [0.2, 0.25) is 0 Å². The number of rotatable bonds is 6. The molecule has 30 heavy (non-hydrogen) atoms. The summed E-state index contributed by atoms with van der Waals surface area (Å²) < 4.78 is 5.35. The molecule has 2 N–H and O–H groups in total. The highest BCUT2D eigenvalue weighted by Crippen LogP contribution is 2.22. The van der Waals surface area contributed by atoms with Crippen LogP contribution in [0.15, 0.2) is 54.7 Å². The number of methoxy groups -OCH3 is 1. The number of ether oxygens (including phenoxy) is 1. The average molecular weight is 405 g/mol. The second-order valence-corrected chi connectivity index (χ2v) is 7.74. The molecule has 6 nitrogen and oxygen atoms in total. The van der Waals surface area contributed by atoms with Crippen molar-refractivity contribution in [3.8, 4) is 5.75 Å². The van der Waals surface area contributed by atoms with Gasteiger partial charge in [0.15, 0.2) is 0 Å². The van der Waals surface area contributed by atoms with Gasteiger partial charge in [0, 0.05) is 42.3 Å². The Kier molecular flexibility index (Phi) is 6.02. The number of aromatic amines is 1. The van der Waals surface area contributed by atoms with Gasteiger partial charge < -0.3 is 19.9 Å². The zero-order chi connectivity index (χ0) is 20.9. The average Bonchev–Trinajstić information content (AvgIpc) is 3.20. The largest absolute Gasteiger partial charge is 0.496 e. The first kappa shape index (κ1) is 20.0. The molecule has 0 aliphatic carbocycles. The van der Waals surface area contributed by atoms with E-state index in [4.69, 9.17) is 4.74 Å². The van der Waals surface area contributed by atoms with E-state index in [1.165, 1.54) is 0 Å². The number of piperidine rings is 1. The van der Waals surface area contributed by atoms with E-state index in [9.17, 15) is 9.59 Å². The maximum atomic E-state index is 12.9. The lowest BCUT2D eigenvalue weighted by Crippen LogP contribution is -2.45. The highest BCUT2D eigenvalue weighted by molar-refractivity contribution is 5.89. The van der Waals surface area contributed by atoms with E-state index in [1.54, 1.807) is 7.11 Å². The van der Waals surface area contributed by atoms with Gasteiger partial charge in [-0.1, -0.05) is 36.4 Å². The number of nitrogens with zero attached hydrogens (tertiary/aromatic N) is 1. The number of hydrogen-bond acceptors (Lipinski definition) is 3. The molecular weight excluding hydrogens is 378 g/mol. The van der Waals surface area contributed by atoms with Crippen molar-refractivity contribution < 1.29 is 14.3 Å². The van der Waals surface area contributed by atoms with E-state index < -0.39 is 0 Å². The van der Waals surface area contributed by atoms with Gasteiger partial charge in [-0.2, -0.15) is 0 Å². The van der Waals surface area contributed by atoms with Crippen molar-refractivity contribution in [2.45, 2.75) is 25.8 Å². The number of H-pyrrole nitrogens is 1. The van der Waals surface area contributed by atoms with E-state index >= 15 is 0 Å². The Bertz CT molecular complexity index is 1040. The number of carbonyl (C=O) groups excluding carboxylic acids is 2. The fraction of sp³-hybridized carbons (Fsp3) is 0.333. The maximum absolute atomic E-state index is 12.9. The van der Waals surface area contributed by atoms with Gasteiger partial charge in [0.25, 0.3) is 0 Å². The number of benzene rings is 2. The second kappa shape index (κ2) is 9.03. The summed E-state index contributed by atoms with van der Waals surface area (Å²) in [7, 11) is 1.62. The lowest BCUT2D eigenvalue weighted by atomic mass is 9.96. The molecule has 1 saturated heterocycles. The van der Waals surface area contributed by atoms with Crippen LogP contribution in [0.3, 0.4) is 0 Å². The van der Waals surface area contributed by atoms with Crippen LogP contribution in [0, 0.1) is 5.92 Å². The van der Waals surface area contributed by atoms with Gasteiger partial charge >= 0.3 is 0 Å². The predicted octanol–water partition coefficient (Wildman–Crippen LogP) is 3.27. The molecule has 2 heterocycles. The molecule has 4 rings (SSSR count). The SMILES string of the molecule is COc1ccccc1CNC(=O)C1CCCN(C(=O)Cc2c[nH]c3ccccc23)C1. The second-order valence-electron chi connectivity index (χ2n) is 7.74. The van der Waals surface area contributed by atoms with Crippen LogP contribution in [0.25, 0.3) is 10.9 Å². The molecule has 1 aliphatic rings. The minimum absolute atomic E-state index is 0.00880. The van der Waals surface area contributed by atoms with Gasteiger partial charge in [-0.05, 0) is 30.5 Å². The Hall–Kier alpha value is -3.28. The monoisotopic (exact) mass is 405 g/mol. The lowest BCUT2D eigenvalue weighted by Gasteiger charge is -2.32. The van der Waals surface area contributed by atoms with Crippen LogP contribution in [0.4, 0.5) is 0 Å². The fourth-order valence-corrected chi connectivity index (χ4v) is 4.15. The molecule has 0 bridgehead atoms. The number of likely N-dealkylation sites (tertiary alicyclic amines) is 1. The van der Waals surface area contributed by atoms with Crippen LogP contribution in [0.5, 0.6) is 5.75 Å². The molecule has 2 aromatic carbocycles. The first-order valence-corrected chi connectivity index (χ1v) is 10.4. The number of fused-ring (bicyclic) bond motifs is 1. The molecule has 1 aromatic heterocycles. The molecular formula is C24H27N3O3. The number of nitrogens with one attached hydrogen (secondary N) is 2. The Labute approximate surface area is 176 Å². The predicted molar refractivity (Wildman–Crippen MR) is 116 cm³/mol. The summed E-state index contributed by atoms with van der Waals surface area (Å²) in [5.74, 6) is 0.643. The molecule has 1 aliphatic heterocycles. The van der Waals surface area contributed by atoms with E-state index in [2.05, 4.69) is 10.3 Å². The fourth-order valence-electron chi connectivity index (χ4n) is 4.15. The zero-order valence-electron chi connectivity index (χ0n) is 17.2. The zero-order valence-corrected chi connectivity index (χ0v) is 17.2. The quantitative estimate of drug-likeness (QED) is 0.661. The third-order valence-corrected chi connectivity index (χ3v) is 5.81. The minimum Gasteiger partial charge on any atom is -0.496 e. The van der Waals surface area contributed by atoms with E-state index in [1.807, 2.05) is 59.6 Å². The highest BCUT2D eigenvalue weighted by Gasteiger charge is 2.28. The summed E-state index contributed by atoms with van der Waals surface area (Å²) in [6.45, 7) is 1.60. The molecule has 1 unspecified atom stereocenters. The van der Waals surface area contributed by atoms with Gasteiger partial charge in [0.05, 0.1) is 19.4 Å². The van der Waals surface area contributed by atoms with Crippen LogP contribution >= 0.6 is 0 Å². The van der Waals surface area contributed by atoms with Gasteiger partial charge in [0.2, 0.25) is 11.8 Å². The number of para-hydroxylation sites is 2. The summed E-state index contributed by atoms with van der Waals surface area (Å²) in [5.41, 5.74) is 2.97. The normalized spacial score (nSPS) is 16.4. The van der Waals surface area contributed by atoms with Gasteiger partial charge in [-0.15, -0.1) is 0 Å². The van der Waals surface area contributed by atoms with Crippen LogP contribution in [0.1, 0.15) is 24.0 Å². The standard InChI is InChI=1S/C24H27N3O3/c1-30-22-11-5-2-7-17(22)14-26-24(29)18-8-6-12-27(16-18)23(28)13-19-15-25-21-10-4-3-9-20(19)21/h2-5,7,9-11,15,18,25H,6,8,12-14,16H2,1H3,(H,26,29). The van der Waals surface area contributed by atoms with Crippen molar-refractivity contribution in [2.75, 3.05) is 20.2 Å². The van der Waals surface area contributed by atoms with Gasteiger partial charge in [-0.25, -0.2) is 0 Å². The van der Waals surface area contributed by atoms with Crippen molar-refractivity contribution in [3.05, 3.63) is 65.9 Å². The molecule has 2 amide bonds. The number of aromatic nitrogens is 1. The van der Waals surface area contributed by atoms with Crippen molar-refractivity contribution >= 4 is 22.7 Å². The molecule has 1 fully saturated rings. The summed E-state index contributed by atoms with van der Waals surface area (Å²) in [5, 5.41) is 4.09. The Balaban J connectivity index is 1.35. The first-order valence-electron chi connectivity index (χ1n) is 10.4. The number of carbonyl (C=O) groups is 2. The van der Waals surface area contributed by atoms with Crippen molar-refractivity contribution in [3.63, 3.8) is 0 Å². The van der Waals surface area contributed by atoms with Gasteiger partial charge in [-0.3, -0.25) is 9.59 Å². The topological polar surface area (TPSA) is 74.4 Å². The van der Waals surface area contributed by atoms with E-state index in [0.29, 0.717) is 26.1 Å². The Morgan fingerprint density at radius 3 is 2.80 bits per heavy atom. The minimum atomic E-state index is -0.180. The molecule has 156 valence electrons. The van der Waals surface area contributed by atoms with E-state index in [-0.39, 0.29) is 17.7 Å². The molecule has 3 aromatic rings. The molecule has 0 spiro atoms. The van der Waals surface area contributed by atoms with Crippen LogP contribution < -0.4 is 10.1 Å². The molecule has 1 atom stereocenters. The Morgan fingerprint density at radius 2 is 1.93 bits per heavy atom. The lowest BCUT2D eigenvalue weighted by molar-refractivity contribution is -0.135. The Morgan fingerprint density at radius 1 is 1.13 bits per heavy atom. The number of amides is 2. The van der Waals surface area contributed by atoms with Crippen molar-refractivity contribution in [1.29, 1.82) is 0 Å². The van der Waals surface area contributed by atoms with E-state index in [0.717, 1.165) is 40.6 Å². The summed E-state index contributed by atoms with van der Waals surface area (Å²) in [6.07, 6.45) is 3.89. The van der Waals surface area contributed by atoms with Crippen LogP contribution in [-0.2, 0) is 22.6 Å². The first-order chi connectivity index (χ1) is 14.7. The molecule has 0 radical (unpaired) electrons. The summed E-state index contributed by atoms with van der Waals surface area (Å²) >= 11 is 0. The molecule has 6 heteroatoms. The smallest absolute Gasteiger partial charge is 0.227 e. The summed E-state index contributed by atoms with van der Waals surface area (Å²) in [6, 6.07) is 15.6. The van der Waals surface area contributed by atoms with Crippen molar-refractivity contribution in [2.24, 2.45) is 5.92 Å². The highest BCUT2D eigenvalue weighted by atomic mass is 16.5. The maximum Gasteiger partial charge on any atom is 0.227 e. The van der Waals surface area contributed by atoms with Gasteiger partial charge in [0.1, 0.15) is 5.75 Å². The molecule has 0 saturated carbocycles. The third-order valence-electron chi connectivity index (χ3n) is 5.81. The third kappa shape index (κ3) is 4.32. The number of hydrogen-bond donors (Lipinski definition) is 2. The van der Waals surface area contributed by atoms with Crippen molar-refractivity contribution in [1.82, 2.24) is 15.2 Å².